The molecule has 1 heterocycles. The summed E-state index contributed by atoms with van der Waals surface area (Å²) in [5, 5.41) is 12.5. The van der Waals surface area contributed by atoms with Gasteiger partial charge < -0.3 is 14.6 Å². The third kappa shape index (κ3) is 6.22. The Balaban J connectivity index is 1.48. The molecular formula is C36H35NO4. The highest BCUT2D eigenvalue weighted by molar-refractivity contribution is 5.81. The van der Waals surface area contributed by atoms with Crippen molar-refractivity contribution in [2.24, 2.45) is 5.92 Å². The molecule has 1 aromatic heterocycles. The van der Waals surface area contributed by atoms with Crippen molar-refractivity contribution < 1.29 is 19.4 Å². The molecule has 0 spiro atoms. The standard InChI is InChI=1S/C36H35NO4/c1-2-40-35(39)32(34(38)23-22-27-24-25-37-33-21-13-12-20-31(27)33)26-41-36(28-14-6-3-7-15-28,29-16-8-4-9-17-29)30-18-10-5-11-19-30/h3-21,24-25,32,34,38H,2,22-23,26H2,1H3/t32-,34-/m0/s1. The van der Waals surface area contributed by atoms with E-state index in [1.54, 1.807) is 13.1 Å². The van der Waals surface area contributed by atoms with Gasteiger partial charge in [-0.25, -0.2) is 0 Å². The number of benzene rings is 4. The van der Waals surface area contributed by atoms with Crippen LogP contribution < -0.4 is 0 Å². The number of ether oxygens (including phenoxy) is 2. The highest BCUT2D eigenvalue weighted by atomic mass is 16.5. The third-order valence-electron chi connectivity index (χ3n) is 7.52. The minimum Gasteiger partial charge on any atom is -0.466 e. The van der Waals surface area contributed by atoms with Crippen LogP contribution in [0.4, 0.5) is 0 Å². The molecule has 0 bridgehead atoms. The molecule has 0 aliphatic carbocycles. The Morgan fingerprint density at radius 1 is 0.780 bits per heavy atom. The van der Waals surface area contributed by atoms with Crippen LogP contribution in [0, 0.1) is 5.92 Å². The number of aliphatic hydroxyl groups excluding tert-OH is 1. The molecule has 5 heteroatoms. The van der Waals surface area contributed by atoms with Gasteiger partial charge in [-0.1, -0.05) is 109 Å². The van der Waals surface area contributed by atoms with Gasteiger partial charge in [-0.2, -0.15) is 0 Å². The number of carbonyl (C=O) groups excluding carboxylic acids is 1. The minimum atomic E-state index is -1.00. The fraction of sp³-hybridized carbons (Fsp3) is 0.222. The number of aryl methyl sites for hydroxylation is 1. The number of hydrogen-bond donors (Lipinski definition) is 1. The Labute approximate surface area is 241 Å². The van der Waals surface area contributed by atoms with Gasteiger partial charge in [0, 0.05) is 11.6 Å². The Kier molecular flexibility index (Phi) is 9.19. The van der Waals surface area contributed by atoms with Crippen molar-refractivity contribution in [3.8, 4) is 0 Å². The number of rotatable bonds is 12. The molecular weight excluding hydrogens is 510 g/mol. The average Bonchev–Trinajstić information content (AvgIpc) is 3.03. The predicted octanol–water partition coefficient (Wildman–Crippen LogP) is 6.72. The lowest BCUT2D eigenvalue weighted by Gasteiger charge is -2.37. The quantitative estimate of drug-likeness (QED) is 0.139. The Morgan fingerprint density at radius 3 is 1.88 bits per heavy atom. The smallest absolute Gasteiger partial charge is 0.313 e. The first kappa shape index (κ1) is 28.2. The van der Waals surface area contributed by atoms with Crippen LogP contribution in [0.2, 0.25) is 0 Å². The molecule has 0 fully saturated rings. The van der Waals surface area contributed by atoms with Crippen LogP contribution in [-0.4, -0.2) is 35.4 Å². The summed E-state index contributed by atoms with van der Waals surface area (Å²) in [5.74, 6) is -1.35. The normalized spacial score (nSPS) is 13.0. The van der Waals surface area contributed by atoms with E-state index in [9.17, 15) is 9.90 Å². The molecule has 41 heavy (non-hydrogen) atoms. The first-order valence-electron chi connectivity index (χ1n) is 14.1. The molecule has 0 saturated carbocycles. The summed E-state index contributed by atoms with van der Waals surface area (Å²) in [6.45, 7) is 1.96. The van der Waals surface area contributed by atoms with Gasteiger partial charge in [-0.3, -0.25) is 9.78 Å². The van der Waals surface area contributed by atoms with Crippen LogP contribution in [0.25, 0.3) is 10.9 Å². The number of para-hydroxylation sites is 1. The second-order valence-corrected chi connectivity index (χ2v) is 10.0. The first-order chi connectivity index (χ1) is 20.1. The lowest BCUT2D eigenvalue weighted by Crippen LogP contribution is -2.40. The van der Waals surface area contributed by atoms with Crippen LogP contribution in [0.1, 0.15) is 35.6 Å². The van der Waals surface area contributed by atoms with E-state index in [2.05, 4.69) is 4.98 Å². The minimum absolute atomic E-state index is 0.0320. The molecule has 4 aromatic carbocycles. The number of pyridine rings is 1. The van der Waals surface area contributed by atoms with E-state index >= 15 is 0 Å². The molecule has 0 aliphatic rings. The summed E-state index contributed by atoms with van der Waals surface area (Å²) >= 11 is 0. The number of fused-ring (bicyclic) bond motifs is 1. The molecule has 0 amide bonds. The Morgan fingerprint density at radius 2 is 1.32 bits per heavy atom. The average molecular weight is 546 g/mol. The topological polar surface area (TPSA) is 68.7 Å². The third-order valence-corrected chi connectivity index (χ3v) is 7.52. The maximum absolute atomic E-state index is 13.3. The van der Waals surface area contributed by atoms with Crippen molar-refractivity contribution in [1.29, 1.82) is 0 Å². The monoisotopic (exact) mass is 545 g/mol. The summed E-state index contributed by atoms with van der Waals surface area (Å²) in [6, 6.07) is 39.9. The zero-order valence-electron chi connectivity index (χ0n) is 23.2. The molecule has 0 aliphatic heterocycles. The first-order valence-corrected chi connectivity index (χ1v) is 14.1. The molecule has 5 nitrogen and oxygen atoms in total. The maximum Gasteiger partial charge on any atom is 0.313 e. The number of aromatic nitrogens is 1. The van der Waals surface area contributed by atoms with Crippen molar-refractivity contribution in [3.05, 3.63) is 150 Å². The second-order valence-electron chi connectivity index (χ2n) is 10.0. The van der Waals surface area contributed by atoms with Crippen molar-refractivity contribution >= 4 is 16.9 Å². The van der Waals surface area contributed by atoms with E-state index in [0.717, 1.165) is 33.2 Å². The van der Waals surface area contributed by atoms with E-state index in [1.807, 2.05) is 121 Å². The number of nitrogens with zero attached hydrogens (tertiary/aromatic N) is 1. The van der Waals surface area contributed by atoms with E-state index < -0.39 is 23.6 Å². The SMILES string of the molecule is CCOC(=O)[C@@H](COC(c1ccccc1)(c1ccccc1)c1ccccc1)[C@@H](O)CCc1ccnc2ccccc12. The van der Waals surface area contributed by atoms with Crippen LogP contribution >= 0.6 is 0 Å². The fourth-order valence-corrected chi connectivity index (χ4v) is 5.45. The molecule has 0 radical (unpaired) electrons. The molecule has 5 aromatic rings. The van der Waals surface area contributed by atoms with E-state index in [4.69, 9.17) is 9.47 Å². The molecule has 2 atom stereocenters. The van der Waals surface area contributed by atoms with Crippen molar-refractivity contribution in [1.82, 2.24) is 4.98 Å². The van der Waals surface area contributed by atoms with Crippen LogP contribution in [-0.2, 0) is 26.3 Å². The molecule has 5 rings (SSSR count). The van der Waals surface area contributed by atoms with Gasteiger partial charge in [0.15, 0.2) is 0 Å². The van der Waals surface area contributed by atoms with E-state index in [0.29, 0.717) is 12.8 Å². The van der Waals surface area contributed by atoms with Crippen LogP contribution in [0.3, 0.4) is 0 Å². The van der Waals surface area contributed by atoms with Crippen molar-refractivity contribution in [2.45, 2.75) is 31.5 Å². The Hall–Kier alpha value is -4.32. The van der Waals surface area contributed by atoms with Gasteiger partial charge in [-0.05, 0) is 54.2 Å². The van der Waals surface area contributed by atoms with Gasteiger partial charge in [-0.15, -0.1) is 0 Å². The van der Waals surface area contributed by atoms with Gasteiger partial charge >= 0.3 is 5.97 Å². The zero-order chi connectivity index (χ0) is 28.5. The lowest BCUT2D eigenvalue weighted by atomic mass is 9.80. The second kappa shape index (κ2) is 13.4. The number of carbonyl (C=O) groups is 1. The largest absolute Gasteiger partial charge is 0.466 e. The number of aliphatic hydroxyl groups is 1. The summed E-state index contributed by atoms with van der Waals surface area (Å²) in [7, 11) is 0. The number of esters is 1. The van der Waals surface area contributed by atoms with Gasteiger partial charge in [0.05, 0.1) is 24.8 Å². The summed E-state index contributed by atoms with van der Waals surface area (Å²) in [6.07, 6.45) is 1.77. The van der Waals surface area contributed by atoms with E-state index in [-0.39, 0.29) is 13.2 Å². The molecule has 0 saturated heterocycles. The van der Waals surface area contributed by atoms with Crippen molar-refractivity contribution in [2.75, 3.05) is 13.2 Å². The molecule has 208 valence electrons. The maximum atomic E-state index is 13.3. The van der Waals surface area contributed by atoms with Crippen LogP contribution in [0.5, 0.6) is 0 Å². The Bertz CT molecular complexity index is 1440. The highest BCUT2D eigenvalue weighted by Gasteiger charge is 2.40. The summed E-state index contributed by atoms with van der Waals surface area (Å²) < 4.78 is 12.3. The fourth-order valence-electron chi connectivity index (χ4n) is 5.45. The van der Waals surface area contributed by atoms with Crippen LogP contribution in [0.15, 0.2) is 128 Å². The highest BCUT2D eigenvalue weighted by Crippen LogP contribution is 2.41. The van der Waals surface area contributed by atoms with Gasteiger partial charge in [0.2, 0.25) is 0 Å². The lowest BCUT2D eigenvalue weighted by molar-refractivity contribution is -0.157. The predicted molar refractivity (Wildman–Crippen MR) is 161 cm³/mol. The number of hydrogen-bond acceptors (Lipinski definition) is 5. The summed E-state index contributed by atoms with van der Waals surface area (Å²) in [5.41, 5.74) is 3.76. The van der Waals surface area contributed by atoms with Crippen molar-refractivity contribution in [3.63, 3.8) is 0 Å². The molecule has 0 unspecified atom stereocenters. The summed E-state index contributed by atoms with van der Waals surface area (Å²) in [4.78, 5) is 17.7. The van der Waals surface area contributed by atoms with Gasteiger partial charge in [0.25, 0.3) is 0 Å². The zero-order valence-corrected chi connectivity index (χ0v) is 23.2. The van der Waals surface area contributed by atoms with E-state index in [1.165, 1.54) is 0 Å². The molecule has 1 N–H and O–H groups in total. The van der Waals surface area contributed by atoms with Gasteiger partial charge in [0.1, 0.15) is 11.5 Å².